The summed E-state index contributed by atoms with van der Waals surface area (Å²) in [5.74, 6) is -2.06. The Balaban J connectivity index is 1.79. The molecule has 0 saturated carbocycles. The van der Waals surface area contributed by atoms with Crippen molar-refractivity contribution in [3.05, 3.63) is 35.4 Å². The van der Waals surface area contributed by atoms with Gasteiger partial charge in [-0.3, -0.25) is 4.79 Å². The second-order valence-corrected chi connectivity index (χ2v) is 9.34. The van der Waals surface area contributed by atoms with Crippen LogP contribution in [0.25, 0.3) is 0 Å². The number of benzene rings is 1. The summed E-state index contributed by atoms with van der Waals surface area (Å²) in [4.78, 5) is 14.6. The normalized spacial score (nSPS) is 24.8. The molecule has 0 radical (unpaired) electrons. The van der Waals surface area contributed by atoms with Crippen LogP contribution in [-0.4, -0.2) is 61.6 Å². The molecule has 9 heteroatoms. The molecule has 1 aromatic carbocycles. The number of carbonyl (C=O) groups is 1. The van der Waals surface area contributed by atoms with E-state index >= 15 is 0 Å². The zero-order valence-corrected chi connectivity index (χ0v) is 15.7. The van der Waals surface area contributed by atoms with Gasteiger partial charge in [-0.2, -0.15) is 17.0 Å². The zero-order chi connectivity index (χ0) is 19.1. The van der Waals surface area contributed by atoms with Gasteiger partial charge in [0.05, 0.1) is 5.41 Å². The minimum absolute atomic E-state index is 0.00932. The number of amides is 1. The molecule has 2 aliphatic rings. The first-order valence-corrected chi connectivity index (χ1v) is 9.97. The lowest BCUT2D eigenvalue weighted by molar-refractivity contribution is -0.146. The van der Waals surface area contributed by atoms with Crippen molar-refractivity contribution in [1.29, 1.82) is 0 Å². The summed E-state index contributed by atoms with van der Waals surface area (Å²) in [7, 11) is -0.657. The van der Waals surface area contributed by atoms with Crippen molar-refractivity contribution in [3.63, 3.8) is 0 Å². The highest BCUT2D eigenvalue weighted by molar-refractivity contribution is 7.86. The minimum Gasteiger partial charge on any atom is -0.338 e. The second-order valence-electron chi connectivity index (χ2n) is 7.20. The van der Waals surface area contributed by atoms with Gasteiger partial charge in [-0.05, 0) is 25.3 Å². The third-order valence-corrected chi connectivity index (χ3v) is 7.21. The highest BCUT2D eigenvalue weighted by atomic mass is 32.2. The highest BCUT2D eigenvalue weighted by Crippen LogP contribution is 2.41. The van der Waals surface area contributed by atoms with Crippen molar-refractivity contribution in [3.8, 4) is 0 Å². The Bertz CT molecular complexity index is 815. The number of hydrogen-bond acceptors (Lipinski definition) is 3. The van der Waals surface area contributed by atoms with Gasteiger partial charge in [0.25, 0.3) is 10.2 Å². The van der Waals surface area contributed by atoms with Gasteiger partial charge in [0.15, 0.2) is 11.6 Å². The van der Waals surface area contributed by atoms with Crippen LogP contribution in [0.2, 0.25) is 0 Å². The summed E-state index contributed by atoms with van der Waals surface area (Å²) >= 11 is 0. The molecule has 6 nitrogen and oxygen atoms in total. The van der Waals surface area contributed by atoms with E-state index in [4.69, 9.17) is 0 Å². The van der Waals surface area contributed by atoms with Gasteiger partial charge in [-0.25, -0.2) is 8.78 Å². The largest absolute Gasteiger partial charge is 0.338 e. The predicted molar refractivity (Wildman–Crippen MR) is 92.2 cm³/mol. The van der Waals surface area contributed by atoms with Crippen LogP contribution in [0.15, 0.2) is 18.2 Å². The molecule has 26 heavy (non-hydrogen) atoms. The van der Waals surface area contributed by atoms with Crippen LogP contribution in [0.1, 0.15) is 24.8 Å². The maximum absolute atomic E-state index is 14.0. The Morgan fingerprint density at radius 2 is 1.92 bits per heavy atom. The molecule has 3 rings (SSSR count). The van der Waals surface area contributed by atoms with Crippen molar-refractivity contribution in [2.45, 2.75) is 25.8 Å². The van der Waals surface area contributed by atoms with E-state index in [0.717, 1.165) is 10.4 Å². The van der Waals surface area contributed by atoms with E-state index in [-0.39, 0.29) is 31.1 Å². The maximum atomic E-state index is 14.0. The van der Waals surface area contributed by atoms with Crippen LogP contribution in [-0.2, 0) is 21.5 Å². The molecule has 2 fully saturated rings. The molecule has 0 aliphatic carbocycles. The molecule has 144 valence electrons. The smallest absolute Gasteiger partial charge is 0.281 e. The molecule has 0 bridgehead atoms. The van der Waals surface area contributed by atoms with Gasteiger partial charge in [0, 0.05) is 45.8 Å². The van der Waals surface area contributed by atoms with Crippen LogP contribution >= 0.6 is 0 Å². The molecule has 0 unspecified atom stereocenters. The average molecular weight is 387 g/mol. The van der Waals surface area contributed by atoms with Crippen LogP contribution in [0.5, 0.6) is 0 Å². The van der Waals surface area contributed by atoms with E-state index in [1.807, 2.05) is 0 Å². The third-order valence-electron chi connectivity index (χ3n) is 5.32. The van der Waals surface area contributed by atoms with E-state index < -0.39 is 27.3 Å². The van der Waals surface area contributed by atoms with Crippen LogP contribution in [0, 0.1) is 17.0 Å². The standard InChI is InChI=1S/C17H23F2N3O3S/c1-20(2)26(24,25)22-10-8-17(12-22)7-4-9-21(16(17)23)11-13-5-3-6-14(18)15(13)19/h3,5-6H,4,7-12H2,1-2H3/t17-/m0/s1. The van der Waals surface area contributed by atoms with Crippen molar-refractivity contribution in [2.75, 3.05) is 33.7 Å². The van der Waals surface area contributed by atoms with Crippen LogP contribution in [0.3, 0.4) is 0 Å². The summed E-state index contributed by atoms with van der Waals surface area (Å²) < 4.78 is 54.6. The molecule has 1 amide bonds. The monoisotopic (exact) mass is 387 g/mol. The molecule has 1 atom stereocenters. The summed E-state index contributed by atoms with van der Waals surface area (Å²) in [6.45, 7) is 0.866. The third kappa shape index (κ3) is 3.23. The number of piperidine rings is 1. The van der Waals surface area contributed by atoms with Gasteiger partial charge in [-0.1, -0.05) is 12.1 Å². The summed E-state index contributed by atoms with van der Waals surface area (Å²) in [6.07, 6.45) is 1.76. The average Bonchev–Trinajstić information content (AvgIpc) is 3.02. The minimum atomic E-state index is -3.58. The first-order valence-electron chi connectivity index (χ1n) is 8.57. The number of nitrogens with zero attached hydrogens (tertiary/aromatic N) is 3. The molecule has 2 saturated heterocycles. The van der Waals surface area contributed by atoms with Crippen molar-refractivity contribution in [2.24, 2.45) is 5.41 Å². The second kappa shape index (κ2) is 6.86. The molecule has 0 aromatic heterocycles. The lowest BCUT2D eigenvalue weighted by Gasteiger charge is -2.39. The Morgan fingerprint density at radius 3 is 2.62 bits per heavy atom. The van der Waals surface area contributed by atoms with E-state index in [1.165, 1.54) is 35.4 Å². The Hall–Kier alpha value is -1.58. The number of likely N-dealkylation sites (tertiary alicyclic amines) is 1. The summed E-state index contributed by atoms with van der Waals surface area (Å²) in [6, 6.07) is 3.92. The lowest BCUT2D eigenvalue weighted by atomic mass is 9.78. The Morgan fingerprint density at radius 1 is 1.19 bits per heavy atom. The quantitative estimate of drug-likeness (QED) is 0.788. The van der Waals surface area contributed by atoms with Crippen molar-refractivity contribution >= 4 is 16.1 Å². The Kier molecular flexibility index (Phi) is 5.06. The van der Waals surface area contributed by atoms with E-state index in [1.54, 1.807) is 0 Å². The molecular weight excluding hydrogens is 364 g/mol. The van der Waals surface area contributed by atoms with Gasteiger partial charge in [0.2, 0.25) is 5.91 Å². The van der Waals surface area contributed by atoms with E-state index in [0.29, 0.717) is 25.8 Å². The summed E-state index contributed by atoms with van der Waals surface area (Å²) in [5, 5.41) is 0. The Labute approximate surface area is 152 Å². The molecule has 2 aliphatic heterocycles. The summed E-state index contributed by atoms with van der Waals surface area (Å²) in [5.41, 5.74) is -0.642. The molecular formula is C17H23F2N3O3S. The maximum Gasteiger partial charge on any atom is 0.281 e. The van der Waals surface area contributed by atoms with Crippen LogP contribution in [0.4, 0.5) is 8.78 Å². The molecule has 1 aromatic rings. The number of rotatable bonds is 4. The number of halogens is 2. The molecule has 2 heterocycles. The highest BCUT2D eigenvalue weighted by Gasteiger charge is 2.51. The molecule has 1 spiro atoms. The first-order chi connectivity index (χ1) is 12.2. The fourth-order valence-corrected chi connectivity index (χ4v) is 5.01. The fourth-order valence-electron chi connectivity index (χ4n) is 3.82. The number of hydrogen-bond donors (Lipinski definition) is 0. The van der Waals surface area contributed by atoms with Crippen LogP contribution < -0.4 is 0 Å². The van der Waals surface area contributed by atoms with Crippen molar-refractivity contribution in [1.82, 2.24) is 13.5 Å². The van der Waals surface area contributed by atoms with E-state index in [9.17, 15) is 22.0 Å². The van der Waals surface area contributed by atoms with Gasteiger partial charge < -0.3 is 4.90 Å². The van der Waals surface area contributed by atoms with Crippen molar-refractivity contribution < 1.29 is 22.0 Å². The zero-order valence-electron chi connectivity index (χ0n) is 14.9. The van der Waals surface area contributed by atoms with Gasteiger partial charge in [-0.15, -0.1) is 0 Å². The van der Waals surface area contributed by atoms with E-state index in [2.05, 4.69) is 0 Å². The first kappa shape index (κ1) is 19.2. The van der Waals surface area contributed by atoms with Gasteiger partial charge >= 0.3 is 0 Å². The fraction of sp³-hybridized carbons (Fsp3) is 0.588. The SMILES string of the molecule is CN(C)S(=O)(=O)N1CC[C@@]2(CCCN(Cc3cccc(F)c3F)C2=O)C1. The molecule has 0 N–H and O–H groups in total. The topological polar surface area (TPSA) is 60.9 Å². The number of carbonyl (C=O) groups excluding carboxylic acids is 1. The van der Waals surface area contributed by atoms with Gasteiger partial charge in [0.1, 0.15) is 0 Å². The predicted octanol–water partition coefficient (Wildman–Crippen LogP) is 1.59. The lowest BCUT2D eigenvalue weighted by Crippen LogP contribution is -2.50.